The summed E-state index contributed by atoms with van der Waals surface area (Å²) in [4.78, 5) is 0. The molecule has 0 amide bonds. The van der Waals surface area contributed by atoms with Crippen LogP contribution in [0.5, 0.6) is 0 Å². The van der Waals surface area contributed by atoms with Gasteiger partial charge < -0.3 is 6.66 Å². The van der Waals surface area contributed by atoms with Crippen molar-refractivity contribution in [2.24, 2.45) is 5.92 Å². The first-order chi connectivity index (χ1) is 15.8. The fourth-order valence-electron chi connectivity index (χ4n) is 3.87. The van der Waals surface area contributed by atoms with Crippen molar-refractivity contribution in [1.82, 2.24) is 0 Å². The summed E-state index contributed by atoms with van der Waals surface area (Å²) in [5, 5.41) is 5.72. The predicted molar refractivity (Wildman–Crippen MR) is 153 cm³/mol. The summed E-state index contributed by atoms with van der Waals surface area (Å²) in [6.45, 7) is 4.24. The molecule has 0 nitrogen and oxygen atoms in total. The van der Waals surface area contributed by atoms with Crippen LogP contribution in [-0.4, -0.2) is 6.16 Å². The standard InChI is InChI=1S/C17H19P.C13H12P.ClH.Cu/c1-3-10-16(11-4-1)18(14-15-8-7-9-15)17-12-5-2-6-13-17;1-14(12-8-4-2-5-9-12)13-10-6-3-7-11-13;;/h1-6,10-13,15H,7-9,14H2;2-11H,1H2;1H;/q;-1;;+1. The van der Waals surface area contributed by atoms with Crippen molar-refractivity contribution in [3.63, 3.8) is 0 Å². The van der Waals surface area contributed by atoms with Crippen LogP contribution in [0.4, 0.5) is 0 Å². The molecule has 0 aliphatic heterocycles. The molecule has 34 heavy (non-hydrogen) atoms. The van der Waals surface area contributed by atoms with Crippen molar-refractivity contribution in [2.75, 3.05) is 6.16 Å². The number of hydrogen-bond acceptors (Lipinski definition) is 0. The van der Waals surface area contributed by atoms with Crippen molar-refractivity contribution >= 4 is 49.5 Å². The maximum Gasteiger partial charge on any atom is 1.00 e. The second kappa shape index (κ2) is 15.5. The van der Waals surface area contributed by atoms with Gasteiger partial charge in [-0.2, -0.15) is 0 Å². The third-order valence-electron chi connectivity index (χ3n) is 5.94. The Balaban J connectivity index is 0.000000233. The summed E-state index contributed by atoms with van der Waals surface area (Å²) in [6, 6.07) is 43.1. The molecule has 0 aromatic heterocycles. The Labute approximate surface area is 225 Å². The van der Waals surface area contributed by atoms with Crippen molar-refractivity contribution in [3.8, 4) is 0 Å². The van der Waals surface area contributed by atoms with E-state index in [2.05, 4.69) is 116 Å². The summed E-state index contributed by atoms with van der Waals surface area (Å²) < 4.78 is 0. The second-order valence-electron chi connectivity index (χ2n) is 8.18. The number of halogens is 1. The maximum absolute atomic E-state index is 4.24. The fraction of sp³-hybridized carbons (Fsp3) is 0.167. The van der Waals surface area contributed by atoms with Gasteiger partial charge in [0.2, 0.25) is 0 Å². The summed E-state index contributed by atoms with van der Waals surface area (Å²) in [5.74, 6) is 0.969. The van der Waals surface area contributed by atoms with Crippen LogP contribution in [0.3, 0.4) is 0 Å². The summed E-state index contributed by atoms with van der Waals surface area (Å²) in [5.41, 5.74) is 0. The van der Waals surface area contributed by atoms with Crippen LogP contribution in [0.25, 0.3) is 0 Å². The van der Waals surface area contributed by atoms with Gasteiger partial charge in [0.25, 0.3) is 0 Å². The van der Waals surface area contributed by atoms with Gasteiger partial charge in [0, 0.05) is 0 Å². The molecule has 1 aliphatic rings. The van der Waals surface area contributed by atoms with E-state index in [-0.39, 0.29) is 37.4 Å². The smallest absolute Gasteiger partial charge is 0.308 e. The van der Waals surface area contributed by atoms with Gasteiger partial charge in [-0.3, -0.25) is 0 Å². The maximum atomic E-state index is 4.24. The first-order valence-corrected chi connectivity index (χ1v) is 14.4. The molecule has 5 rings (SSSR count). The zero-order valence-corrected chi connectivity index (χ0v) is 22.8. The van der Waals surface area contributed by atoms with Crippen LogP contribution in [0.15, 0.2) is 121 Å². The Kier molecular flexibility index (Phi) is 13.1. The Bertz CT molecular complexity index is 963. The first kappa shape index (κ1) is 28.8. The van der Waals surface area contributed by atoms with E-state index in [1.807, 2.05) is 12.1 Å². The van der Waals surface area contributed by atoms with Crippen molar-refractivity contribution in [3.05, 3.63) is 128 Å². The minimum Gasteiger partial charge on any atom is -0.308 e. The quantitative estimate of drug-likeness (QED) is 0.134. The molecule has 1 saturated carbocycles. The van der Waals surface area contributed by atoms with E-state index >= 15 is 0 Å². The minimum atomic E-state index is -0.421. The molecule has 4 aromatic rings. The monoisotopic (exact) mass is 552 g/mol. The van der Waals surface area contributed by atoms with E-state index in [0.717, 1.165) is 5.92 Å². The third-order valence-corrected chi connectivity index (χ3v) is 10.5. The Hall–Kier alpha value is -1.45. The van der Waals surface area contributed by atoms with Crippen LogP contribution in [0.2, 0.25) is 0 Å². The SMILES string of the molecule is Cl.[CH2-]P(c1ccccc1)c1ccccc1.[Cu+].c1ccc(P(CC2CCC2)c2ccccc2)cc1. The van der Waals surface area contributed by atoms with Gasteiger partial charge in [-0.1, -0.05) is 151 Å². The minimum absolute atomic E-state index is 0. The molecule has 180 valence electrons. The van der Waals surface area contributed by atoms with Gasteiger partial charge in [0.15, 0.2) is 0 Å². The molecular weight excluding hydrogens is 521 g/mol. The molecule has 1 fully saturated rings. The molecule has 4 heteroatoms. The van der Waals surface area contributed by atoms with Gasteiger partial charge in [0.1, 0.15) is 0 Å². The van der Waals surface area contributed by atoms with Crippen molar-refractivity contribution < 1.29 is 17.1 Å². The Morgan fingerprint density at radius 2 is 0.882 bits per heavy atom. The number of rotatable bonds is 6. The molecular formula is C30H32ClCuP2. The first-order valence-electron chi connectivity index (χ1n) is 11.4. The van der Waals surface area contributed by atoms with E-state index in [1.165, 1.54) is 46.6 Å². The van der Waals surface area contributed by atoms with E-state index < -0.39 is 7.92 Å². The summed E-state index contributed by atoms with van der Waals surface area (Å²) >= 11 is 0. The molecule has 1 aliphatic carbocycles. The fourth-order valence-corrected chi connectivity index (χ4v) is 7.90. The second-order valence-corrected chi connectivity index (χ2v) is 12.3. The number of benzene rings is 4. The number of hydrogen-bond donors (Lipinski definition) is 0. The van der Waals surface area contributed by atoms with E-state index in [0.29, 0.717) is 0 Å². The predicted octanol–water partition coefficient (Wildman–Crippen LogP) is 7.25. The molecule has 4 aromatic carbocycles. The molecule has 0 spiro atoms. The van der Waals surface area contributed by atoms with Crippen LogP contribution in [-0.2, 0) is 17.1 Å². The van der Waals surface area contributed by atoms with Gasteiger partial charge in [-0.15, -0.1) is 12.4 Å². The van der Waals surface area contributed by atoms with Crippen molar-refractivity contribution in [1.29, 1.82) is 0 Å². The largest absolute Gasteiger partial charge is 1.00 e. The molecule has 0 unspecified atom stereocenters. The van der Waals surface area contributed by atoms with Gasteiger partial charge >= 0.3 is 17.1 Å². The average Bonchev–Trinajstić information content (AvgIpc) is 2.85. The average molecular weight is 554 g/mol. The van der Waals surface area contributed by atoms with E-state index in [1.54, 1.807) is 0 Å². The topological polar surface area (TPSA) is 0 Å². The third kappa shape index (κ3) is 8.34. The zero-order valence-electron chi connectivity index (χ0n) is 19.3. The van der Waals surface area contributed by atoms with E-state index in [4.69, 9.17) is 0 Å². The molecule has 0 N–H and O–H groups in total. The van der Waals surface area contributed by atoms with Crippen LogP contribution >= 0.6 is 28.3 Å². The molecule has 0 heterocycles. The van der Waals surface area contributed by atoms with Crippen LogP contribution in [0.1, 0.15) is 19.3 Å². The Morgan fingerprint density at radius 3 is 1.18 bits per heavy atom. The molecule has 0 bridgehead atoms. The molecule has 0 saturated heterocycles. The van der Waals surface area contributed by atoms with Crippen LogP contribution < -0.4 is 21.2 Å². The van der Waals surface area contributed by atoms with Gasteiger partial charge in [0.05, 0.1) is 0 Å². The normalized spacial score (nSPS) is 12.6. The summed E-state index contributed by atoms with van der Waals surface area (Å²) in [6.07, 6.45) is 5.71. The van der Waals surface area contributed by atoms with Crippen molar-refractivity contribution in [2.45, 2.75) is 19.3 Å². The van der Waals surface area contributed by atoms with Gasteiger partial charge in [-0.25, -0.2) is 7.92 Å². The zero-order chi connectivity index (χ0) is 22.0. The van der Waals surface area contributed by atoms with Gasteiger partial charge in [-0.05, 0) is 30.6 Å². The van der Waals surface area contributed by atoms with E-state index in [9.17, 15) is 0 Å². The Morgan fingerprint density at radius 1 is 0.559 bits per heavy atom. The molecule has 0 radical (unpaired) electrons. The molecule has 0 atom stereocenters. The van der Waals surface area contributed by atoms with Crippen LogP contribution in [0, 0.1) is 12.6 Å². The summed E-state index contributed by atoms with van der Waals surface area (Å²) in [7, 11) is -0.566.